The molecule has 0 aliphatic rings. The molecule has 19 heavy (non-hydrogen) atoms. The Hall–Kier alpha value is -1.37. The summed E-state index contributed by atoms with van der Waals surface area (Å²) in [6.45, 7) is 0. The lowest BCUT2D eigenvalue weighted by molar-refractivity contribution is 0.593. The summed E-state index contributed by atoms with van der Waals surface area (Å²) in [5.74, 6) is 0.263. The molecule has 0 N–H and O–H groups in total. The molecule has 0 spiro atoms. The zero-order valence-corrected chi connectivity index (χ0v) is 12.1. The highest BCUT2D eigenvalue weighted by Gasteiger charge is 2.22. The fourth-order valence-electron chi connectivity index (χ4n) is 1.35. The number of halogens is 2. The number of aromatic nitrogens is 2. The van der Waals surface area contributed by atoms with Gasteiger partial charge < -0.3 is 0 Å². The van der Waals surface area contributed by atoms with Crippen LogP contribution in [0.2, 0.25) is 10.2 Å². The Morgan fingerprint density at radius 3 is 2.32 bits per heavy atom. The van der Waals surface area contributed by atoms with Gasteiger partial charge in [-0.15, -0.1) is 0 Å². The first kappa shape index (κ1) is 14.0. The Labute approximate surface area is 120 Å². The van der Waals surface area contributed by atoms with E-state index in [0.29, 0.717) is 5.02 Å². The summed E-state index contributed by atoms with van der Waals surface area (Å²) in [5, 5.41) is 0.661. The second-order valence-electron chi connectivity index (χ2n) is 3.62. The van der Waals surface area contributed by atoms with E-state index < -0.39 is 10.0 Å². The molecule has 0 aliphatic carbocycles. The van der Waals surface area contributed by atoms with Gasteiger partial charge in [0.25, 0.3) is 10.0 Å². The highest BCUT2D eigenvalue weighted by molar-refractivity contribution is 7.92. The molecule has 2 rings (SSSR count). The third kappa shape index (κ3) is 2.97. The number of pyridine rings is 2. The lowest BCUT2D eigenvalue weighted by atomic mass is 10.5. The Morgan fingerprint density at radius 1 is 1.05 bits per heavy atom. The quantitative estimate of drug-likeness (QED) is 0.816. The lowest BCUT2D eigenvalue weighted by Gasteiger charge is -2.18. The number of hydrogen-bond acceptors (Lipinski definition) is 4. The molecule has 100 valence electrons. The zero-order chi connectivity index (χ0) is 14.0. The number of anilines is 1. The predicted octanol–water partition coefficient (Wildman–Crippen LogP) is 2.61. The summed E-state index contributed by atoms with van der Waals surface area (Å²) >= 11 is 11.3. The molecule has 0 radical (unpaired) electrons. The van der Waals surface area contributed by atoms with Crippen molar-refractivity contribution in [2.24, 2.45) is 0 Å². The van der Waals surface area contributed by atoms with E-state index in [1.54, 1.807) is 6.07 Å². The first-order chi connectivity index (χ1) is 8.91. The lowest BCUT2D eigenvalue weighted by Crippen LogP contribution is -2.27. The third-order valence-corrected chi connectivity index (χ3v) is 4.59. The van der Waals surface area contributed by atoms with Crippen LogP contribution in [-0.4, -0.2) is 25.4 Å². The molecule has 8 heteroatoms. The van der Waals surface area contributed by atoms with E-state index in [1.165, 1.54) is 37.6 Å². The van der Waals surface area contributed by atoms with Gasteiger partial charge in [0.15, 0.2) is 0 Å². The van der Waals surface area contributed by atoms with E-state index in [-0.39, 0.29) is 15.9 Å². The largest absolute Gasteiger partial charge is 0.266 e. The van der Waals surface area contributed by atoms with Crippen molar-refractivity contribution in [2.45, 2.75) is 4.90 Å². The smallest absolute Gasteiger partial charge is 0.253 e. The van der Waals surface area contributed by atoms with Crippen molar-refractivity contribution in [2.75, 3.05) is 11.4 Å². The maximum atomic E-state index is 12.3. The van der Waals surface area contributed by atoms with Crippen molar-refractivity contribution >= 4 is 39.0 Å². The van der Waals surface area contributed by atoms with Gasteiger partial charge in [0.2, 0.25) is 0 Å². The van der Waals surface area contributed by atoms with Crippen LogP contribution in [0.15, 0.2) is 41.6 Å². The van der Waals surface area contributed by atoms with Crippen LogP contribution in [0.4, 0.5) is 5.82 Å². The van der Waals surface area contributed by atoms with E-state index in [2.05, 4.69) is 9.97 Å². The molecule has 5 nitrogen and oxygen atoms in total. The van der Waals surface area contributed by atoms with Gasteiger partial charge in [0.05, 0.1) is 5.02 Å². The Morgan fingerprint density at radius 2 is 1.79 bits per heavy atom. The molecule has 0 amide bonds. The molecule has 0 aromatic carbocycles. The monoisotopic (exact) mass is 317 g/mol. The second-order valence-corrected chi connectivity index (χ2v) is 6.42. The van der Waals surface area contributed by atoms with E-state index >= 15 is 0 Å². The van der Waals surface area contributed by atoms with Gasteiger partial charge in [-0.05, 0) is 24.3 Å². The molecular weight excluding hydrogens is 309 g/mol. The van der Waals surface area contributed by atoms with Crippen molar-refractivity contribution in [3.63, 3.8) is 0 Å². The molecule has 0 atom stereocenters. The minimum atomic E-state index is -3.72. The summed E-state index contributed by atoms with van der Waals surface area (Å²) < 4.78 is 25.6. The van der Waals surface area contributed by atoms with Crippen LogP contribution >= 0.6 is 23.2 Å². The van der Waals surface area contributed by atoms with Crippen LogP contribution in [0.25, 0.3) is 0 Å². The SMILES string of the molecule is CN(c1ccc(Cl)cn1)S(=O)(=O)c1ccc(Cl)nc1. The average molecular weight is 318 g/mol. The number of hydrogen-bond donors (Lipinski definition) is 0. The van der Waals surface area contributed by atoms with E-state index in [0.717, 1.165) is 4.31 Å². The van der Waals surface area contributed by atoms with Gasteiger partial charge in [-0.1, -0.05) is 23.2 Å². The van der Waals surface area contributed by atoms with Gasteiger partial charge in [-0.2, -0.15) is 0 Å². The summed E-state index contributed by atoms with van der Waals surface area (Å²) in [6.07, 6.45) is 2.58. The first-order valence-electron chi connectivity index (χ1n) is 5.13. The maximum Gasteiger partial charge on any atom is 0.266 e. The average Bonchev–Trinajstić information content (AvgIpc) is 2.39. The maximum absolute atomic E-state index is 12.3. The van der Waals surface area contributed by atoms with Crippen molar-refractivity contribution in [1.82, 2.24) is 9.97 Å². The molecular formula is C11H9Cl2N3O2S. The normalized spacial score (nSPS) is 11.3. The molecule has 0 saturated heterocycles. The van der Waals surface area contributed by atoms with Gasteiger partial charge in [-0.25, -0.2) is 18.4 Å². The van der Waals surface area contributed by atoms with Crippen LogP contribution in [0.5, 0.6) is 0 Å². The number of nitrogens with zero attached hydrogens (tertiary/aromatic N) is 3. The first-order valence-corrected chi connectivity index (χ1v) is 7.33. The molecule has 0 bridgehead atoms. The summed E-state index contributed by atoms with van der Waals surface area (Å²) in [4.78, 5) is 7.75. The number of sulfonamides is 1. The molecule has 0 aliphatic heterocycles. The minimum Gasteiger partial charge on any atom is -0.253 e. The van der Waals surface area contributed by atoms with Gasteiger partial charge >= 0.3 is 0 Å². The van der Waals surface area contributed by atoms with Crippen LogP contribution in [-0.2, 0) is 10.0 Å². The van der Waals surface area contributed by atoms with Crippen LogP contribution in [0, 0.1) is 0 Å². The van der Waals surface area contributed by atoms with Gasteiger partial charge in [0.1, 0.15) is 15.9 Å². The molecule has 0 saturated carbocycles. The van der Waals surface area contributed by atoms with Crippen molar-refractivity contribution in [1.29, 1.82) is 0 Å². The van der Waals surface area contributed by atoms with Crippen LogP contribution in [0.3, 0.4) is 0 Å². The Kier molecular flexibility index (Phi) is 3.93. The summed E-state index contributed by atoms with van der Waals surface area (Å²) in [7, 11) is -2.31. The topological polar surface area (TPSA) is 63.2 Å². The fraction of sp³-hybridized carbons (Fsp3) is 0.0909. The van der Waals surface area contributed by atoms with E-state index in [4.69, 9.17) is 23.2 Å². The van der Waals surface area contributed by atoms with Crippen LogP contribution in [0.1, 0.15) is 0 Å². The number of rotatable bonds is 3. The standard InChI is InChI=1S/C11H9Cl2N3O2S/c1-16(11-5-2-8(12)6-15-11)19(17,18)9-3-4-10(13)14-7-9/h2-7H,1H3. The minimum absolute atomic E-state index is 0.0381. The molecule has 0 unspecified atom stereocenters. The van der Waals surface area contributed by atoms with Crippen molar-refractivity contribution in [3.8, 4) is 0 Å². The Balaban J connectivity index is 2.39. The predicted molar refractivity (Wildman–Crippen MR) is 74.1 cm³/mol. The van der Waals surface area contributed by atoms with Crippen molar-refractivity contribution < 1.29 is 8.42 Å². The summed E-state index contributed by atoms with van der Waals surface area (Å²) in [5.41, 5.74) is 0. The zero-order valence-electron chi connectivity index (χ0n) is 9.79. The highest BCUT2D eigenvalue weighted by atomic mass is 35.5. The molecule has 0 fully saturated rings. The third-order valence-electron chi connectivity index (χ3n) is 2.39. The fourth-order valence-corrected chi connectivity index (χ4v) is 2.67. The van der Waals surface area contributed by atoms with Crippen molar-refractivity contribution in [3.05, 3.63) is 46.8 Å². The molecule has 2 heterocycles. The second kappa shape index (κ2) is 5.32. The molecule has 2 aromatic heterocycles. The summed E-state index contributed by atoms with van der Waals surface area (Å²) in [6, 6.07) is 5.88. The highest BCUT2D eigenvalue weighted by Crippen LogP contribution is 2.21. The molecule has 2 aromatic rings. The van der Waals surface area contributed by atoms with E-state index in [9.17, 15) is 8.42 Å². The Bertz CT molecular complexity index is 672. The van der Waals surface area contributed by atoms with Gasteiger partial charge in [0, 0.05) is 19.4 Å². The van der Waals surface area contributed by atoms with Crippen LogP contribution < -0.4 is 4.31 Å². The van der Waals surface area contributed by atoms with Gasteiger partial charge in [-0.3, -0.25) is 4.31 Å². The van der Waals surface area contributed by atoms with E-state index in [1.807, 2.05) is 0 Å².